The third-order valence-electron chi connectivity index (χ3n) is 5.16. The Balaban J connectivity index is 1.60. The molecule has 10 heteroatoms. The average Bonchev–Trinajstić information content (AvgIpc) is 3.43. The van der Waals surface area contributed by atoms with Crippen LogP contribution in [0.15, 0.2) is 30.5 Å². The number of thioether (sulfide) groups is 1. The summed E-state index contributed by atoms with van der Waals surface area (Å²) in [5.41, 5.74) is 4.67. The van der Waals surface area contributed by atoms with E-state index in [1.54, 1.807) is 17.8 Å². The molecule has 0 unspecified atom stereocenters. The number of fused-ring (bicyclic) bond motifs is 1. The van der Waals surface area contributed by atoms with Crippen molar-refractivity contribution < 1.29 is 4.79 Å². The smallest absolute Gasteiger partial charge is 0.269 e. The van der Waals surface area contributed by atoms with Gasteiger partial charge >= 0.3 is 0 Å². The van der Waals surface area contributed by atoms with Gasteiger partial charge in [-0.3, -0.25) is 19.0 Å². The molecule has 30 heavy (non-hydrogen) atoms. The van der Waals surface area contributed by atoms with Gasteiger partial charge < -0.3 is 5.32 Å². The number of carbonyl (C=O) groups is 1. The monoisotopic (exact) mass is 424 g/mol. The molecule has 0 saturated carbocycles. The van der Waals surface area contributed by atoms with E-state index in [1.807, 2.05) is 60.6 Å². The minimum Gasteiger partial charge on any atom is -0.341 e. The molecule has 0 radical (unpaired) electrons. The number of amides is 1. The maximum atomic E-state index is 13.0. The van der Waals surface area contributed by atoms with E-state index in [9.17, 15) is 4.79 Å². The topological polar surface area (TPSA) is 106 Å². The summed E-state index contributed by atoms with van der Waals surface area (Å²) in [6.07, 6.45) is 4.69. The fourth-order valence-electron chi connectivity index (χ4n) is 3.55. The second kappa shape index (κ2) is 8.31. The standard InChI is InChI=1S/C20H24N8OS/c1-12-18(13(2)27(3)26-12)15-11-16(23-22-15)20(29)21-14(8-10-30-4)19-25-24-17-7-5-6-9-28(17)19/h5-7,9,11,14H,8,10H2,1-4H3,(H,21,29)(H,22,23)/t14-/m1/s1. The molecular formula is C20H24N8OS. The van der Waals surface area contributed by atoms with Gasteiger partial charge in [-0.05, 0) is 50.5 Å². The maximum Gasteiger partial charge on any atom is 0.269 e. The fraction of sp³-hybridized carbons (Fsp3) is 0.350. The van der Waals surface area contributed by atoms with Crippen molar-refractivity contribution in [2.75, 3.05) is 12.0 Å². The Hall–Kier alpha value is -3.14. The van der Waals surface area contributed by atoms with Crippen LogP contribution in [-0.2, 0) is 7.05 Å². The van der Waals surface area contributed by atoms with E-state index in [4.69, 9.17) is 0 Å². The van der Waals surface area contributed by atoms with E-state index < -0.39 is 0 Å². The highest BCUT2D eigenvalue weighted by Gasteiger charge is 2.23. The Morgan fingerprint density at radius 2 is 2.13 bits per heavy atom. The number of nitrogens with zero attached hydrogens (tertiary/aromatic N) is 6. The molecule has 0 spiro atoms. The molecule has 0 aliphatic rings. The lowest BCUT2D eigenvalue weighted by Gasteiger charge is -2.16. The van der Waals surface area contributed by atoms with Gasteiger partial charge in [-0.2, -0.15) is 22.0 Å². The number of H-pyrrole nitrogens is 1. The molecule has 156 valence electrons. The zero-order chi connectivity index (χ0) is 21.3. The van der Waals surface area contributed by atoms with Gasteiger partial charge in [0.05, 0.1) is 17.4 Å². The van der Waals surface area contributed by atoms with Crippen molar-refractivity contribution >= 4 is 23.3 Å². The molecule has 4 aromatic rings. The molecular weight excluding hydrogens is 400 g/mol. The predicted octanol–water partition coefficient (Wildman–Crippen LogP) is 2.69. The van der Waals surface area contributed by atoms with Gasteiger partial charge in [0.15, 0.2) is 11.5 Å². The summed E-state index contributed by atoms with van der Waals surface area (Å²) in [5.74, 6) is 1.37. The van der Waals surface area contributed by atoms with Crippen molar-refractivity contribution in [2.45, 2.75) is 26.3 Å². The van der Waals surface area contributed by atoms with Crippen LogP contribution in [0.2, 0.25) is 0 Å². The number of hydrogen-bond acceptors (Lipinski definition) is 6. The number of aromatic nitrogens is 7. The van der Waals surface area contributed by atoms with Crippen LogP contribution in [0.25, 0.3) is 16.9 Å². The first-order valence-electron chi connectivity index (χ1n) is 9.65. The van der Waals surface area contributed by atoms with E-state index in [1.165, 1.54) is 0 Å². The third kappa shape index (κ3) is 3.70. The Kier molecular flexibility index (Phi) is 5.58. The molecule has 1 atom stereocenters. The molecule has 0 aromatic carbocycles. The molecule has 0 saturated heterocycles. The summed E-state index contributed by atoms with van der Waals surface area (Å²) in [7, 11) is 1.89. The number of hydrogen-bond donors (Lipinski definition) is 2. The largest absolute Gasteiger partial charge is 0.341 e. The number of nitrogens with one attached hydrogen (secondary N) is 2. The quantitative estimate of drug-likeness (QED) is 0.472. The predicted molar refractivity (Wildman–Crippen MR) is 116 cm³/mol. The van der Waals surface area contributed by atoms with Crippen LogP contribution in [0, 0.1) is 13.8 Å². The lowest BCUT2D eigenvalue weighted by atomic mass is 10.1. The van der Waals surface area contributed by atoms with Crippen molar-refractivity contribution in [3.05, 3.63) is 53.4 Å². The van der Waals surface area contributed by atoms with Gasteiger partial charge in [0, 0.05) is 24.5 Å². The van der Waals surface area contributed by atoms with Gasteiger partial charge in [-0.25, -0.2) is 0 Å². The molecule has 1 amide bonds. The molecule has 0 aliphatic heterocycles. The fourth-order valence-corrected chi connectivity index (χ4v) is 4.02. The summed E-state index contributed by atoms with van der Waals surface area (Å²) in [4.78, 5) is 13.0. The summed E-state index contributed by atoms with van der Waals surface area (Å²) < 4.78 is 3.72. The normalized spacial score (nSPS) is 12.4. The van der Waals surface area contributed by atoms with E-state index in [0.717, 1.165) is 34.8 Å². The van der Waals surface area contributed by atoms with E-state index >= 15 is 0 Å². The highest BCUT2D eigenvalue weighted by atomic mass is 32.2. The molecule has 0 fully saturated rings. The minimum absolute atomic E-state index is 0.230. The molecule has 4 heterocycles. The number of aromatic amines is 1. The first-order chi connectivity index (χ1) is 14.5. The summed E-state index contributed by atoms with van der Waals surface area (Å²) >= 11 is 1.72. The lowest BCUT2D eigenvalue weighted by Crippen LogP contribution is -2.30. The highest BCUT2D eigenvalue weighted by Crippen LogP contribution is 2.25. The van der Waals surface area contributed by atoms with Crippen molar-refractivity contribution in [1.29, 1.82) is 0 Å². The van der Waals surface area contributed by atoms with Crippen LogP contribution in [0.4, 0.5) is 0 Å². The van der Waals surface area contributed by atoms with Gasteiger partial charge in [-0.1, -0.05) is 6.07 Å². The molecule has 4 rings (SSSR count). The summed E-state index contributed by atoms with van der Waals surface area (Å²) in [5, 5.41) is 23.3. The molecule has 9 nitrogen and oxygen atoms in total. The molecule has 4 aromatic heterocycles. The van der Waals surface area contributed by atoms with Crippen LogP contribution in [-0.4, -0.2) is 52.5 Å². The highest BCUT2D eigenvalue weighted by molar-refractivity contribution is 7.98. The first kappa shape index (κ1) is 20.1. The van der Waals surface area contributed by atoms with Gasteiger partial charge in [-0.15, -0.1) is 10.2 Å². The van der Waals surface area contributed by atoms with Gasteiger partial charge in [0.1, 0.15) is 5.69 Å². The number of pyridine rings is 1. The molecule has 2 N–H and O–H groups in total. The van der Waals surface area contributed by atoms with E-state index in [-0.39, 0.29) is 11.9 Å². The summed E-state index contributed by atoms with van der Waals surface area (Å²) in [6.45, 7) is 3.92. The van der Waals surface area contributed by atoms with Crippen LogP contribution < -0.4 is 5.32 Å². The first-order valence-corrected chi connectivity index (χ1v) is 11.0. The SMILES string of the molecule is CSCC[C@@H](NC(=O)c1cc(-c2c(C)nn(C)c2C)n[nH]1)c1nnc2ccccn12. The van der Waals surface area contributed by atoms with Crippen LogP contribution >= 0.6 is 11.8 Å². The van der Waals surface area contributed by atoms with E-state index in [0.29, 0.717) is 17.2 Å². The Morgan fingerprint density at radius 1 is 1.30 bits per heavy atom. The van der Waals surface area contributed by atoms with Gasteiger partial charge in [0.2, 0.25) is 0 Å². The minimum atomic E-state index is -0.268. The zero-order valence-electron chi connectivity index (χ0n) is 17.4. The average molecular weight is 425 g/mol. The molecule has 0 aliphatic carbocycles. The van der Waals surface area contributed by atoms with Crippen LogP contribution in [0.1, 0.15) is 40.2 Å². The Morgan fingerprint density at radius 3 is 2.87 bits per heavy atom. The lowest BCUT2D eigenvalue weighted by molar-refractivity contribution is 0.0928. The third-order valence-corrected chi connectivity index (χ3v) is 5.80. The Labute approximate surface area is 178 Å². The molecule has 0 bridgehead atoms. The second-order valence-electron chi connectivity index (χ2n) is 7.13. The van der Waals surface area contributed by atoms with Crippen molar-refractivity contribution in [1.82, 2.24) is 39.9 Å². The number of rotatable bonds is 7. The zero-order valence-corrected chi connectivity index (χ0v) is 18.2. The Bertz CT molecular complexity index is 1190. The second-order valence-corrected chi connectivity index (χ2v) is 8.12. The van der Waals surface area contributed by atoms with Crippen molar-refractivity contribution in [3.8, 4) is 11.3 Å². The number of carbonyl (C=O) groups excluding carboxylic acids is 1. The van der Waals surface area contributed by atoms with Crippen molar-refractivity contribution in [3.63, 3.8) is 0 Å². The van der Waals surface area contributed by atoms with Gasteiger partial charge in [0.25, 0.3) is 5.91 Å². The maximum absolute atomic E-state index is 13.0. The van der Waals surface area contributed by atoms with Crippen molar-refractivity contribution in [2.24, 2.45) is 7.05 Å². The van der Waals surface area contributed by atoms with Crippen LogP contribution in [0.5, 0.6) is 0 Å². The van der Waals surface area contributed by atoms with Crippen LogP contribution in [0.3, 0.4) is 0 Å². The number of aryl methyl sites for hydroxylation is 2. The van der Waals surface area contributed by atoms with E-state index in [2.05, 4.69) is 30.8 Å². The summed E-state index contributed by atoms with van der Waals surface area (Å²) in [6, 6.07) is 7.23.